The van der Waals surface area contributed by atoms with Crippen LogP contribution in [-0.4, -0.2) is 42.3 Å². The highest BCUT2D eigenvalue weighted by Gasteiger charge is 2.32. The number of hydrogen-bond acceptors (Lipinski definition) is 6. The van der Waals surface area contributed by atoms with Gasteiger partial charge in [-0.3, -0.25) is 4.79 Å². The molecule has 1 aliphatic heterocycles. The number of para-hydroxylation sites is 2. The molecule has 1 atom stereocenters. The summed E-state index contributed by atoms with van der Waals surface area (Å²) in [6.45, 7) is 0.734. The van der Waals surface area contributed by atoms with E-state index in [2.05, 4.69) is 4.98 Å². The van der Waals surface area contributed by atoms with Gasteiger partial charge in [0.15, 0.2) is 5.58 Å². The second-order valence-corrected chi connectivity index (χ2v) is 7.52. The number of carbonyl (C=O) groups excluding carboxylic acids is 1. The fraction of sp³-hybridized carbons (Fsp3) is 0.333. The molecule has 6 nitrogen and oxygen atoms in total. The van der Waals surface area contributed by atoms with E-state index in [1.165, 1.54) is 11.8 Å². The Kier molecular flexibility index (Phi) is 5.43. The Morgan fingerprint density at radius 2 is 2.11 bits per heavy atom. The molecule has 2 aromatic carbocycles. The first-order chi connectivity index (χ1) is 13.7. The van der Waals surface area contributed by atoms with E-state index in [0.717, 1.165) is 47.5 Å². The standard InChI is InChI=1S/C21H22N2O4S/c1-25-14-9-10-18(26-2)15(12-14)17-7-5-11-23(17)20(24)13-28-21-22-16-6-3-4-8-19(16)27-21/h3-4,6,8-10,12,17H,5,7,11,13H2,1-2H3/t17-/m0/s1. The molecule has 0 spiro atoms. The fourth-order valence-corrected chi connectivity index (χ4v) is 4.33. The summed E-state index contributed by atoms with van der Waals surface area (Å²) in [5, 5.41) is 0.518. The van der Waals surface area contributed by atoms with E-state index in [1.807, 2.05) is 47.4 Å². The first-order valence-corrected chi connectivity index (χ1v) is 10.2. The zero-order chi connectivity index (χ0) is 19.5. The van der Waals surface area contributed by atoms with Crippen molar-refractivity contribution in [1.29, 1.82) is 0 Å². The molecule has 146 valence electrons. The number of aromatic nitrogens is 1. The third-order valence-electron chi connectivity index (χ3n) is 4.96. The maximum absolute atomic E-state index is 12.9. The zero-order valence-corrected chi connectivity index (χ0v) is 16.7. The minimum atomic E-state index is -0.0122. The second kappa shape index (κ2) is 8.14. The Bertz CT molecular complexity index is 954. The van der Waals surface area contributed by atoms with Crippen molar-refractivity contribution in [3.63, 3.8) is 0 Å². The van der Waals surface area contributed by atoms with Crippen LogP contribution in [0.5, 0.6) is 11.5 Å². The van der Waals surface area contributed by atoms with Crippen molar-refractivity contribution < 1.29 is 18.7 Å². The number of oxazole rings is 1. The van der Waals surface area contributed by atoms with Crippen LogP contribution in [0.25, 0.3) is 11.1 Å². The van der Waals surface area contributed by atoms with E-state index in [0.29, 0.717) is 5.22 Å². The van der Waals surface area contributed by atoms with Gasteiger partial charge in [-0.1, -0.05) is 23.9 Å². The maximum Gasteiger partial charge on any atom is 0.257 e. The highest BCUT2D eigenvalue weighted by Crippen LogP contribution is 2.39. The monoisotopic (exact) mass is 398 g/mol. The predicted molar refractivity (Wildman–Crippen MR) is 108 cm³/mol. The number of fused-ring (bicyclic) bond motifs is 1. The highest BCUT2D eigenvalue weighted by atomic mass is 32.2. The summed E-state index contributed by atoms with van der Waals surface area (Å²) >= 11 is 1.33. The molecule has 7 heteroatoms. The lowest BCUT2D eigenvalue weighted by Gasteiger charge is -2.26. The first kappa shape index (κ1) is 18.7. The molecule has 1 aromatic heterocycles. The topological polar surface area (TPSA) is 64.8 Å². The number of thioether (sulfide) groups is 1. The Hall–Kier alpha value is -2.67. The predicted octanol–water partition coefficient (Wildman–Crippen LogP) is 4.30. The molecule has 1 amide bonds. The van der Waals surface area contributed by atoms with Crippen LogP contribution in [0.15, 0.2) is 52.1 Å². The van der Waals surface area contributed by atoms with Crippen molar-refractivity contribution in [1.82, 2.24) is 9.88 Å². The molecule has 0 saturated carbocycles. The first-order valence-electron chi connectivity index (χ1n) is 9.19. The molecule has 1 aliphatic rings. The summed E-state index contributed by atoms with van der Waals surface area (Å²) < 4.78 is 16.6. The summed E-state index contributed by atoms with van der Waals surface area (Å²) in [6, 6.07) is 13.3. The molecule has 1 fully saturated rings. The number of rotatable bonds is 6. The molecular formula is C21H22N2O4S. The van der Waals surface area contributed by atoms with Gasteiger partial charge in [-0.05, 0) is 43.2 Å². The highest BCUT2D eigenvalue weighted by molar-refractivity contribution is 7.99. The van der Waals surface area contributed by atoms with Crippen molar-refractivity contribution in [3.05, 3.63) is 48.0 Å². The fourth-order valence-electron chi connectivity index (χ4n) is 3.61. The van der Waals surface area contributed by atoms with Gasteiger partial charge in [-0.25, -0.2) is 4.98 Å². The summed E-state index contributed by atoms with van der Waals surface area (Å²) in [5.74, 6) is 1.89. The lowest BCUT2D eigenvalue weighted by Crippen LogP contribution is -2.32. The lowest BCUT2D eigenvalue weighted by atomic mass is 10.0. The number of hydrogen-bond donors (Lipinski definition) is 0. The van der Waals surface area contributed by atoms with Crippen LogP contribution in [0.1, 0.15) is 24.4 Å². The average molecular weight is 398 g/mol. The quantitative estimate of drug-likeness (QED) is 0.577. The van der Waals surface area contributed by atoms with E-state index >= 15 is 0 Å². The molecule has 28 heavy (non-hydrogen) atoms. The third kappa shape index (κ3) is 3.67. The summed E-state index contributed by atoms with van der Waals surface area (Å²) in [4.78, 5) is 19.3. The van der Waals surface area contributed by atoms with Gasteiger partial charge in [0.1, 0.15) is 17.0 Å². The SMILES string of the molecule is COc1ccc(OC)c([C@@H]2CCCN2C(=O)CSc2nc3ccccc3o2)c1. The van der Waals surface area contributed by atoms with Crippen molar-refractivity contribution in [3.8, 4) is 11.5 Å². The van der Waals surface area contributed by atoms with E-state index in [9.17, 15) is 4.79 Å². The molecule has 1 saturated heterocycles. The molecule has 0 aliphatic carbocycles. The van der Waals surface area contributed by atoms with E-state index in [4.69, 9.17) is 13.9 Å². The number of nitrogens with zero attached hydrogens (tertiary/aromatic N) is 2. The number of methoxy groups -OCH3 is 2. The van der Waals surface area contributed by atoms with Crippen molar-refractivity contribution in [2.75, 3.05) is 26.5 Å². The summed E-state index contributed by atoms with van der Waals surface area (Å²) in [6.07, 6.45) is 1.87. The minimum Gasteiger partial charge on any atom is -0.497 e. The van der Waals surface area contributed by atoms with Crippen LogP contribution in [0, 0.1) is 0 Å². The van der Waals surface area contributed by atoms with Gasteiger partial charge in [0.2, 0.25) is 5.91 Å². The summed E-state index contributed by atoms with van der Waals surface area (Å²) in [7, 11) is 3.29. The van der Waals surface area contributed by atoms with Gasteiger partial charge in [-0.15, -0.1) is 0 Å². The van der Waals surface area contributed by atoms with Crippen molar-refractivity contribution in [2.24, 2.45) is 0 Å². The van der Waals surface area contributed by atoms with Crippen LogP contribution in [-0.2, 0) is 4.79 Å². The summed E-state index contributed by atoms with van der Waals surface area (Å²) in [5.41, 5.74) is 2.52. The van der Waals surface area contributed by atoms with E-state index < -0.39 is 0 Å². The second-order valence-electron chi connectivity index (χ2n) is 6.59. The number of likely N-dealkylation sites (tertiary alicyclic amines) is 1. The van der Waals surface area contributed by atoms with Gasteiger partial charge >= 0.3 is 0 Å². The minimum absolute atomic E-state index is 0.0122. The maximum atomic E-state index is 12.9. The van der Waals surface area contributed by atoms with Crippen molar-refractivity contribution in [2.45, 2.75) is 24.1 Å². The molecule has 2 heterocycles. The Morgan fingerprint density at radius 3 is 2.89 bits per heavy atom. The van der Waals surface area contributed by atoms with Gasteiger partial charge in [0.25, 0.3) is 5.22 Å². The molecule has 0 unspecified atom stereocenters. The molecule has 0 N–H and O–H groups in total. The van der Waals surface area contributed by atoms with E-state index in [-0.39, 0.29) is 17.7 Å². The number of carbonyl (C=O) groups is 1. The number of benzene rings is 2. The van der Waals surface area contributed by atoms with Crippen LogP contribution < -0.4 is 9.47 Å². The molecular weight excluding hydrogens is 376 g/mol. The third-order valence-corrected chi connectivity index (χ3v) is 5.78. The lowest BCUT2D eigenvalue weighted by molar-refractivity contribution is -0.129. The zero-order valence-electron chi connectivity index (χ0n) is 15.9. The van der Waals surface area contributed by atoms with E-state index in [1.54, 1.807) is 14.2 Å². The Morgan fingerprint density at radius 1 is 1.25 bits per heavy atom. The molecule has 0 radical (unpaired) electrons. The normalized spacial score (nSPS) is 16.5. The van der Waals surface area contributed by atoms with Crippen molar-refractivity contribution >= 4 is 28.8 Å². The van der Waals surface area contributed by atoms with Crippen LogP contribution in [0.4, 0.5) is 0 Å². The smallest absolute Gasteiger partial charge is 0.257 e. The Balaban J connectivity index is 1.49. The molecule has 4 rings (SSSR count). The number of ether oxygens (including phenoxy) is 2. The van der Waals surface area contributed by atoms with Gasteiger partial charge in [0.05, 0.1) is 26.0 Å². The van der Waals surface area contributed by atoms with Gasteiger partial charge in [-0.2, -0.15) is 0 Å². The van der Waals surface area contributed by atoms with Crippen LogP contribution in [0.2, 0.25) is 0 Å². The Labute approximate surface area is 167 Å². The molecule has 3 aromatic rings. The van der Waals surface area contributed by atoms with Gasteiger partial charge < -0.3 is 18.8 Å². The average Bonchev–Trinajstić information content (AvgIpc) is 3.38. The van der Waals surface area contributed by atoms with Crippen LogP contribution >= 0.6 is 11.8 Å². The van der Waals surface area contributed by atoms with Gasteiger partial charge in [0, 0.05) is 12.1 Å². The molecule has 0 bridgehead atoms. The number of amides is 1. The largest absolute Gasteiger partial charge is 0.497 e. The van der Waals surface area contributed by atoms with Crippen LogP contribution in [0.3, 0.4) is 0 Å².